The molecule has 8 heteroatoms. The number of aromatic nitrogens is 2. The number of aromatic amines is 1. The quantitative estimate of drug-likeness (QED) is 0.485. The van der Waals surface area contributed by atoms with Gasteiger partial charge in [-0.1, -0.05) is 88.9 Å². The van der Waals surface area contributed by atoms with Gasteiger partial charge in [-0.05, 0) is 12.1 Å². The Labute approximate surface area is 172 Å². The molecule has 3 aromatic rings. The molecular formula is C18H16Cl4N2O2. The van der Waals surface area contributed by atoms with Gasteiger partial charge in [-0.2, -0.15) is 0 Å². The highest BCUT2D eigenvalue weighted by molar-refractivity contribution is 6.42. The Morgan fingerprint density at radius 1 is 0.769 bits per heavy atom. The summed E-state index contributed by atoms with van der Waals surface area (Å²) >= 11 is 22.6. The molecule has 1 fully saturated rings. The van der Waals surface area contributed by atoms with Crippen molar-refractivity contribution in [2.75, 3.05) is 20.0 Å². The van der Waals surface area contributed by atoms with E-state index >= 15 is 0 Å². The lowest BCUT2D eigenvalue weighted by molar-refractivity contribution is 0.0692. The van der Waals surface area contributed by atoms with Crippen molar-refractivity contribution in [2.45, 2.75) is 0 Å². The van der Waals surface area contributed by atoms with Gasteiger partial charge in [-0.25, -0.2) is 4.98 Å². The van der Waals surface area contributed by atoms with Crippen LogP contribution in [0, 0.1) is 0 Å². The van der Waals surface area contributed by atoms with E-state index < -0.39 is 0 Å². The van der Waals surface area contributed by atoms with E-state index in [1.165, 1.54) is 0 Å². The summed E-state index contributed by atoms with van der Waals surface area (Å²) in [4.78, 5) is 6.94. The molecule has 1 aromatic heterocycles. The van der Waals surface area contributed by atoms with Crippen LogP contribution >= 0.6 is 46.4 Å². The molecule has 138 valence electrons. The second-order valence-corrected chi connectivity index (χ2v) is 6.46. The van der Waals surface area contributed by atoms with Crippen LogP contribution in [0.3, 0.4) is 0 Å². The van der Waals surface area contributed by atoms with Crippen LogP contribution in [-0.4, -0.2) is 30.0 Å². The Bertz CT molecular complexity index is 745. The minimum atomic E-state index is 0.306. The van der Waals surface area contributed by atoms with Crippen molar-refractivity contribution < 1.29 is 9.47 Å². The third kappa shape index (κ3) is 7.16. The molecule has 0 aliphatic carbocycles. The lowest BCUT2D eigenvalue weighted by Gasteiger charge is -1.93. The molecule has 0 unspecified atom stereocenters. The van der Waals surface area contributed by atoms with Crippen LogP contribution in [-0.2, 0) is 9.47 Å². The first-order valence-electron chi connectivity index (χ1n) is 7.60. The van der Waals surface area contributed by atoms with Crippen molar-refractivity contribution in [2.24, 2.45) is 0 Å². The minimum absolute atomic E-state index is 0.306. The van der Waals surface area contributed by atoms with Crippen LogP contribution in [0.5, 0.6) is 0 Å². The van der Waals surface area contributed by atoms with Crippen molar-refractivity contribution in [3.05, 3.63) is 74.9 Å². The van der Waals surface area contributed by atoms with E-state index in [4.69, 9.17) is 55.9 Å². The van der Waals surface area contributed by atoms with Gasteiger partial charge < -0.3 is 14.5 Å². The topological polar surface area (TPSA) is 47.1 Å². The van der Waals surface area contributed by atoms with Gasteiger partial charge in [0, 0.05) is 5.56 Å². The number of nitrogens with zero attached hydrogens (tertiary/aromatic N) is 1. The van der Waals surface area contributed by atoms with E-state index in [2.05, 4.69) is 9.97 Å². The van der Waals surface area contributed by atoms with Gasteiger partial charge in [0.1, 0.15) is 17.8 Å². The number of nitrogens with one attached hydrogen (secondary N) is 1. The first-order valence-corrected chi connectivity index (χ1v) is 9.11. The molecule has 4 nitrogen and oxygen atoms in total. The summed E-state index contributed by atoms with van der Waals surface area (Å²) in [5, 5.41) is 1.89. The first kappa shape index (κ1) is 21.0. The molecule has 2 aromatic carbocycles. The summed E-state index contributed by atoms with van der Waals surface area (Å²) < 4.78 is 9.44. The maximum absolute atomic E-state index is 5.73. The Hall–Kier alpha value is -1.27. The van der Waals surface area contributed by atoms with Gasteiger partial charge >= 0.3 is 0 Å². The van der Waals surface area contributed by atoms with Crippen molar-refractivity contribution in [3.8, 4) is 11.4 Å². The molecular weight excluding hydrogens is 418 g/mol. The fraction of sp³-hybridized carbons (Fsp3) is 0.167. The van der Waals surface area contributed by atoms with E-state index in [1.54, 1.807) is 12.1 Å². The van der Waals surface area contributed by atoms with Gasteiger partial charge in [0.05, 0.1) is 23.3 Å². The number of ether oxygens (including phenoxy) is 2. The van der Waals surface area contributed by atoms with E-state index in [-0.39, 0.29) is 0 Å². The summed E-state index contributed by atoms with van der Waals surface area (Å²) in [6.07, 6.45) is 0. The highest BCUT2D eigenvalue weighted by atomic mass is 35.5. The zero-order valence-electron chi connectivity index (χ0n) is 13.6. The van der Waals surface area contributed by atoms with Gasteiger partial charge in [-0.15, -0.1) is 0 Å². The number of benzene rings is 2. The summed E-state index contributed by atoms with van der Waals surface area (Å²) in [5.41, 5.74) is 0.969. The molecule has 0 radical (unpaired) electrons. The monoisotopic (exact) mass is 432 g/mol. The summed E-state index contributed by atoms with van der Waals surface area (Å²) in [7, 11) is 0. The average molecular weight is 434 g/mol. The minimum Gasteiger partial charge on any atom is -0.353 e. The molecule has 0 spiro atoms. The van der Waals surface area contributed by atoms with Crippen LogP contribution < -0.4 is 0 Å². The van der Waals surface area contributed by atoms with Gasteiger partial charge in [0.15, 0.2) is 5.15 Å². The molecule has 0 saturated carbocycles. The van der Waals surface area contributed by atoms with Gasteiger partial charge in [0.25, 0.3) is 0 Å². The van der Waals surface area contributed by atoms with Gasteiger partial charge in [-0.3, -0.25) is 0 Å². The highest BCUT2D eigenvalue weighted by Crippen LogP contribution is 2.24. The van der Waals surface area contributed by atoms with Crippen LogP contribution in [0.25, 0.3) is 11.4 Å². The normalized spacial score (nSPS) is 12.6. The standard InChI is InChI=1S/C9H6Cl2N2.C6H4Cl2.C3H6O2/c10-7-8(11)13-9(12-7)6-4-2-1-3-5-6;7-5-3-1-2-4-6(5)8;1-2-5-3-4-1/h1-5H,(H,12,13);1-4H;1-3H2. The molecule has 1 saturated heterocycles. The number of hydrogen-bond donors (Lipinski definition) is 1. The predicted octanol–water partition coefficient (Wildman–Crippen LogP) is 6.37. The van der Waals surface area contributed by atoms with Crippen molar-refractivity contribution in [1.82, 2.24) is 9.97 Å². The molecule has 0 bridgehead atoms. The second kappa shape index (κ2) is 11.4. The van der Waals surface area contributed by atoms with E-state index in [1.807, 2.05) is 42.5 Å². The smallest absolute Gasteiger partial charge is 0.166 e. The second-order valence-electron chi connectivity index (χ2n) is 4.90. The lowest BCUT2D eigenvalue weighted by Crippen LogP contribution is -1.79. The van der Waals surface area contributed by atoms with E-state index in [9.17, 15) is 0 Å². The largest absolute Gasteiger partial charge is 0.353 e. The first-order chi connectivity index (χ1) is 12.6. The van der Waals surface area contributed by atoms with E-state index in [0.29, 0.717) is 33.0 Å². The Kier molecular flexibility index (Phi) is 9.26. The number of hydrogen-bond acceptors (Lipinski definition) is 3. The number of imidazole rings is 1. The molecule has 4 rings (SSSR count). The molecule has 2 heterocycles. The molecule has 0 atom stereocenters. The van der Waals surface area contributed by atoms with Crippen molar-refractivity contribution in [3.63, 3.8) is 0 Å². The van der Waals surface area contributed by atoms with Crippen LogP contribution in [0.4, 0.5) is 0 Å². The molecule has 1 aliphatic rings. The molecule has 26 heavy (non-hydrogen) atoms. The van der Waals surface area contributed by atoms with Crippen molar-refractivity contribution in [1.29, 1.82) is 0 Å². The van der Waals surface area contributed by atoms with Crippen LogP contribution in [0.2, 0.25) is 20.4 Å². The number of halogens is 4. The van der Waals surface area contributed by atoms with Crippen molar-refractivity contribution >= 4 is 46.4 Å². The SMILES string of the molecule is C1COCO1.Clc1ccccc1Cl.Clc1nc(-c2ccccc2)[nH]c1Cl. The fourth-order valence-electron chi connectivity index (χ4n) is 1.80. The number of H-pyrrole nitrogens is 1. The van der Waals surface area contributed by atoms with Gasteiger partial charge in [0.2, 0.25) is 0 Å². The summed E-state index contributed by atoms with van der Waals surface area (Å²) in [6, 6.07) is 16.9. The summed E-state index contributed by atoms with van der Waals surface area (Å²) in [6.45, 7) is 2.06. The zero-order valence-corrected chi connectivity index (χ0v) is 16.6. The Morgan fingerprint density at radius 3 is 1.69 bits per heavy atom. The number of rotatable bonds is 1. The fourth-order valence-corrected chi connectivity index (χ4v) is 2.33. The van der Waals surface area contributed by atoms with Crippen LogP contribution in [0.15, 0.2) is 54.6 Å². The zero-order chi connectivity index (χ0) is 18.8. The van der Waals surface area contributed by atoms with E-state index in [0.717, 1.165) is 18.8 Å². The average Bonchev–Trinajstić information content (AvgIpc) is 3.34. The summed E-state index contributed by atoms with van der Waals surface area (Å²) in [5.74, 6) is 0.690. The maximum Gasteiger partial charge on any atom is 0.166 e. The predicted molar refractivity (Wildman–Crippen MR) is 107 cm³/mol. The molecule has 1 aliphatic heterocycles. The van der Waals surface area contributed by atoms with Crippen LogP contribution in [0.1, 0.15) is 0 Å². The third-order valence-corrected chi connectivity index (χ3v) is 4.43. The maximum atomic E-state index is 5.73. The highest BCUT2D eigenvalue weighted by Gasteiger charge is 2.06. The lowest BCUT2D eigenvalue weighted by atomic mass is 10.2. The molecule has 0 amide bonds. The third-order valence-electron chi connectivity index (χ3n) is 3.03. The Morgan fingerprint density at radius 2 is 1.31 bits per heavy atom. The Balaban J connectivity index is 0.000000158. The molecule has 1 N–H and O–H groups in total.